The van der Waals surface area contributed by atoms with Crippen molar-refractivity contribution >= 4 is 0 Å². The molecule has 2 nitrogen and oxygen atoms in total. The van der Waals surface area contributed by atoms with E-state index in [9.17, 15) is 0 Å². The Morgan fingerprint density at radius 3 is 2.32 bits per heavy atom. The highest BCUT2D eigenvalue weighted by molar-refractivity contribution is 5.27. The van der Waals surface area contributed by atoms with E-state index in [-0.39, 0.29) is 5.60 Å². The first-order chi connectivity index (χ1) is 10.6. The number of rotatable bonds is 3. The Labute approximate surface area is 133 Å². The Morgan fingerprint density at radius 2 is 1.73 bits per heavy atom. The average molecular weight is 295 g/mol. The molecule has 22 heavy (non-hydrogen) atoms. The molecule has 0 saturated carbocycles. The normalized spacial score (nSPS) is 24.1. The summed E-state index contributed by atoms with van der Waals surface area (Å²) in [6.45, 7) is 8.33. The summed E-state index contributed by atoms with van der Waals surface area (Å²) in [5, 5.41) is 0. The van der Waals surface area contributed by atoms with E-state index in [1.54, 1.807) is 0 Å². The number of aryl methyl sites for hydroxylation is 1. The van der Waals surface area contributed by atoms with Crippen LogP contribution in [-0.2, 0) is 10.3 Å². The molecule has 0 bridgehead atoms. The van der Waals surface area contributed by atoms with E-state index in [1.807, 2.05) is 0 Å². The van der Waals surface area contributed by atoms with Crippen LogP contribution in [0.5, 0.6) is 0 Å². The number of hydrogen-bond donors (Lipinski definition) is 0. The molecule has 0 aromatic heterocycles. The topological polar surface area (TPSA) is 12.5 Å². The van der Waals surface area contributed by atoms with Crippen molar-refractivity contribution in [1.82, 2.24) is 4.90 Å². The molecule has 1 heterocycles. The van der Waals surface area contributed by atoms with E-state index in [0.29, 0.717) is 12.8 Å². The number of benzene rings is 2. The largest absolute Gasteiger partial charge is 0.355 e. The zero-order chi connectivity index (χ0) is 15.6. The quantitative estimate of drug-likeness (QED) is 0.817. The molecule has 0 spiro atoms. The van der Waals surface area contributed by atoms with Gasteiger partial charge in [-0.1, -0.05) is 60.2 Å². The molecule has 0 radical (unpaired) electrons. The van der Waals surface area contributed by atoms with Crippen LogP contribution in [0.25, 0.3) is 0 Å². The summed E-state index contributed by atoms with van der Waals surface area (Å²) in [5.74, 6) is 0. The summed E-state index contributed by atoms with van der Waals surface area (Å²) >= 11 is 0. The Morgan fingerprint density at radius 1 is 1.05 bits per heavy atom. The first-order valence-corrected chi connectivity index (χ1v) is 8.09. The van der Waals surface area contributed by atoms with Crippen LogP contribution in [0.15, 0.2) is 54.6 Å². The molecule has 3 rings (SSSR count). The zero-order valence-corrected chi connectivity index (χ0v) is 13.8. The fraction of sp³-hybridized carbons (Fsp3) is 0.400. The van der Waals surface area contributed by atoms with Gasteiger partial charge in [-0.05, 0) is 38.3 Å². The SMILES string of the molecule is Cc1ccc(C2(C)CCN(C(C)c3ccccc3)CO2)cc1. The van der Waals surface area contributed by atoms with Gasteiger partial charge >= 0.3 is 0 Å². The minimum absolute atomic E-state index is 0.166. The molecule has 1 fully saturated rings. The molecule has 2 atom stereocenters. The predicted octanol–water partition coefficient (Wildman–Crippen LogP) is 4.65. The molecule has 1 aliphatic heterocycles. The second-order valence-corrected chi connectivity index (χ2v) is 6.52. The van der Waals surface area contributed by atoms with Crippen LogP contribution in [0.3, 0.4) is 0 Å². The maximum absolute atomic E-state index is 6.27. The Kier molecular flexibility index (Phi) is 4.32. The monoisotopic (exact) mass is 295 g/mol. The van der Waals surface area contributed by atoms with Crippen molar-refractivity contribution < 1.29 is 4.74 Å². The molecule has 0 amide bonds. The van der Waals surface area contributed by atoms with Crippen LogP contribution in [0.2, 0.25) is 0 Å². The van der Waals surface area contributed by atoms with Gasteiger partial charge in [-0.3, -0.25) is 4.90 Å². The third-order valence-corrected chi connectivity index (χ3v) is 4.92. The maximum Gasteiger partial charge on any atom is 0.101 e. The molecule has 2 aromatic rings. The predicted molar refractivity (Wildman–Crippen MR) is 90.7 cm³/mol. The van der Waals surface area contributed by atoms with Crippen LogP contribution in [0.4, 0.5) is 0 Å². The zero-order valence-electron chi connectivity index (χ0n) is 13.8. The van der Waals surface area contributed by atoms with E-state index < -0.39 is 0 Å². The van der Waals surface area contributed by atoms with Gasteiger partial charge in [0.2, 0.25) is 0 Å². The highest BCUT2D eigenvalue weighted by Gasteiger charge is 2.34. The van der Waals surface area contributed by atoms with Crippen LogP contribution >= 0.6 is 0 Å². The van der Waals surface area contributed by atoms with E-state index in [0.717, 1.165) is 13.0 Å². The van der Waals surface area contributed by atoms with Crippen molar-refractivity contribution in [2.45, 2.75) is 38.8 Å². The minimum atomic E-state index is -0.166. The summed E-state index contributed by atoms with van der Waals surface area (Å²) in [4.78, 5) is 2.41. The minimum Gasteiger partial charge on any atom is -0.355 e. The van der Waals surface area contributed by atoms with E-state index in [2.05, 4.69) is 80.3 Å². The number of nitrogens with zero attached hydrogens (tertiary/aromatic N) is 1. The van der Waals surface area contributed by atoms with Gasteiger partial charge in [-0.15, -0.1) is 0 Å². The summed E-state index contributed by atoms with van der Waals surface area (Å²) in [6.07, 6.45) is 1.02. The van der Waals surface area contributed by atoms with Crippen LogP contribution in [0.1, 0.15) is 43.0 Å². The van der Waals surface area contributed by atoms with Gasteiger partial charge < -0.3 is 4.74 Å². The van der Waals surface area contributed by atoms with Gasteiger partial charge in [0.15, 0.2) is 0 Å². The maximum atomic E-state index is 6.27. The lowest BCUT2D eigenvalue weighted by atomic mass is 9.90. The van der Waals surface area contributed by atoms with Crippen LogP contribution in [0, 0.1) is 6.92 Å². The molecular weight excluding hydrogens is 270 g/mol. The van der Waals surface area contributed by atoms with Gasteiger partial charge in [0.05, 0.1) is 5.60 Å². The molecule has 116 valence electrons. The lowest BCUT2D eigenvalue weighted by Crippen LogP contribution is -2.44. The molecule has 2 unspecified atom stereocenters. The highest BCUT2D eigenvalue weighted by Crippen LogP contribution is 2.35. The van der Waals surface area contributed by atoms with Crippen LogP contribution < -0.4 is 0 Å². The highest BCUT2D eigenvalue weighted by atomic mass is 16.5. The number of ether oxygens (including phenoxy) is 1. The molecule has 0 aliphatic carbocycles. The third kappa shape index (κ3) is 3.08. The van der Waals surface area contributed by atoms with E-state index >= 15 is 0 Å². The average Bonchev–Trinajstić information content (AvgIpc) is 2.56. The van der Waals surface area contributed by atoms with Gasteiger partial charge in [-0.2, -0.15) is 0 Å². The Hall–Kier alpha value is -1.64. The summed E-state index contributed by atoms with van der Waals surface area (Å²) in [5.41, 5.74) is 3.76. The summed E-state index contributed by atoms with van der Waals surface area (Å²) in [7, 11) is 0. The smallest absolute Gasteiger partial charge is 0.101 e. The van der Waals surface area contributed by atoms with Crippen molar-refractivity contribution in [3.05, 3.63) is 71.3 Å². The van der Waals surface area contributed by atoms with Crippen LogP contribution in [-0.4, -0.2) is 18.2 Å². The van der Waals surface area contributed by atoms with Gasteiger partial charge in [0, 0.05) is 12.6 Å². The molecule has 1 saturated heterocycles. The van der Waals surface area contributed by atoms with E-state index in [1.165, 1.54) is 16.7 Å². The summed E-state index contributed by atoms with van der Waals surface area (Å²) in [6, 6.07) is 19.8. The molecular formula is C20H25NO. The van der Waals surface area contributed by atoms with Gasteiger partial charge in [0.25, 0.3) is 0 Å². The fourth-order valence-electron chi connectivity index (χ4n) is 3.10. The van der Waals surface area contributed by atoms with Crippen molar-refractivity contribution in [2.75, 3.05) is 13.3 Å². The van der Waals surface area contributed by atoms with Crippen molar-refractivity contribution in [2.24, 2.45) is 0 Å². The van der Waals surface area contributed by atoms with E-state index in [4.69, 9.17) is 4.74 Å². The van der Waals surface area contributed by atoms with Crippen molar-refractivity contribution in [1.29, 1.82) is 0 Å². The Bertz CT molecular complexity index is 597. The van der Waals surface area contributed by atoms with Crippen molar-refractivity contribution in [3.63, 3.8) is 0 Å². The third-order valence-electron chi connectivity index (χ3n) is 4.92. The first-order valence-electron chi connectivity index (χ1n) is 8.09. The lowest BCUT2D eigenvalue weighted by molar-refractivity contribution is -0.144. The Balaban J connectivity index is 1.68. The second kappa shape index (κ2) is 6.23. The van der Waals surface area contributed by atoms with Gasteiger partial charge in [-0.25, -0.2) is 0 Å². The number of hydrogen-bond acceptors (Lipinski definition) is 2. The molecule has 1 aliphatic rings. The molecule has 2 heteroatoms. The summed E-state index contributed by atoms with van der Waals surface area (Å²) < 4.78 is 6.27. The first kappa shape index (κ1) is 15.3. The lowest BCUT2D eigenvalue weighted by Gasteiger charge is -2.42. The molecule has 0 N–H and O–H groups in total. The van der Waals surface area contributed by atoms with Gasteiger partial charge in [0.1, 0.15) is 6.73 Å². The second-order valence-electron chi connectivity index (χ2n) is 6.52. The fourth-order valence-corrected chi connectivity index (χ4v) is 3.10. The van der Waals surface area contributed by atoms with Crippen molar-refractivity contribution in [3.8, 4) is 0 Å². The standard InChI is InChI=1S/C20H25NO/c1-16-9-11-19(12-10-16)20(3)13-14-21(15-22-20)17(2)18-7-5-4-6-8-18/h4-12,17H,13-15H2,1-3H3. The molecule has 2 aromatic carbocycles.